The first-order valence-electron chi connectivity index (χ1n) is 3.78. The van der Waals surface area contributed by atoms with E-state index in [1.54, 1.807) is 12.1 Å². The molecular formula is C9H5BrF2OS. The Morgan fingerprint density at radius 2 is 2.07 bits per heavy atom. The minimum absolute atomic E-state index is 0.0819. The number of alkyl halides is 2. The van der Waals surface area contributed by atoms with E-state index >= 15 is 0 Å². The van der Waals surface area contributed by atoms with E-state index in [-0.39, 0.29) is 16.7 Å². The first kappa shape index (κ1) is 9.86. The Kier molecular flexibility index (Phi) is 2.45. The highest BCUT2D eigenvalue weighted by atomic mass is 79.9. The van der Waals surface area contributed by atoms with Crippen molar-refractivity contribution >= 4 is 37.4 Å². The van der Waals surface area contributed by atoms with Crippen molar-refractivity contribution in [2.45, 2.75) is 6.43 Å². The molecule has 0 saturated heterocycles. The fourth-order valence-corrected chi connectivity index (χ4v) is 2.67. The molecule has 5 heteroatoms. The predicted molar refractivity (Wildman–Crippen MR) is 56.1 cm³/mol. The van der Waals surface area contributed by atoms with Crippen LogP contribution in [-0.4, -0.2) is 5.11 Å². The zero-order valence-electron chi connectivity index (χ0n) is 6.80. The van der Waals surface area contributed by atoms with Gasteiger partial charge in [-0.3, -0.25) is 0 Å². The van der Waals surface area contributed by atoms with Crippen molar-refractivity contribution < 1.29 is 13.9 Å². The maximum Gasteiger partial charge on any atom is 0.265 e. The molecule has 0 fully saturated rings. The summed E-state index contributed by atoms with van der Waals surface area (Å²) in [5.74, 6) is -0.0819. The van der Waals surface area contributed by atoms with Gasteiger partial charge in [0.1, 0.15) is 5.75 Å². The molecule has 1 aromatic carbocycles. The molecule has 74 valence electrons. The first-order valence-corrected chi connectivity index (χ1v) is 5.45. The molecule has 0 aliphatic carbocycles. The molecule has 0 saturated carbocycles. The van der Waals surface area contributed by atoms with Crippen molar-refractivity contribution in [1.82, 2.24) is 0 Å². The molecule has 1 heterocycles. The van der Waals surface area contributed by atoms with Crippen LogP contribution >= 0.6 is 27.3 Å². The lowest BCUT2D eigenvalue weighted by molar-refractivity contribution is 0.152. The summed E-state index contributed by atoms with van der Waals surface area (Å²) in [4.78, 5) is 0. The van der Waals surface area contributed by atoms with E-state index in [1.807, 2.05) is 0 Å². The van der Waals surface area contributed by atoms with Gasteiger partial charge in [-0.2, -0.15) is 0 Å². The Morgan fingerprint density at radius 1 is 1.36 bits per heavy atom. The Balaban J connectivity index is 2.87. The van der Waals surface area contributed by atoms with Crippen LogP contribution in [0.5, 0.6) is 5.75 Å². The van der Waals surface area contributed by atoms with Crippen LogP contribution in [-0.2, 0) is 0 Å². The lowest BCUT2D eigenvalue weighted by Crippen LogP contribution is -1.86. The molecule has 1 aromatic heterocycles. The number of rotatable bonds is 1. The molecule has 0 amide bonds. The third-order valence-electron chi connectivity index (χ3n) is 1.93. The maximum absolute atomic E-state index is 12.7. The molecule has 0 aliphatic rings. The highest BCUT2D eigenvalue weighted by molar-refractivity contribution is 9.10. The summed E-state index contributed by atoms with van der Waals surface area (Å²) in [5.41, 5.74) is -0.138. The average Bonchev–Trinajstić information content (AvgIpc) is 2.47. The second kappa shape index (κ2) is 3.47. The number of aromatic hydroxyl groups is 1. The Labute approximate surface area is 91.1 Å². The second-order valence-corrected chi connectivity index (χ2v) is 4.52. The molecule has 2 aromatic rings. The standard InChI is InChI=1S/C9H5BrF2OS/c10-4-1-2-6-8(5(13)3-14-6)7(4)9(11)12/h1-3,9,13H. The summed E-state index contributed by atoms with van der Waals surface area (Å²) in [6, 6.07) is 3.27. The summed E-state index contributed by atoms with van der Waals surface area (Å²) < 4.78 is 26.4. The van der Waals surface area contributed by atoms with Crippen molar-refractivity contribution in [1.29, 1.82) is 0 Å². The molecule has 1 N–H and O–H groups in total. The quantitative estimate of drug-likeness (QED) is 0.824. The largest absolute Gasteiger partial charge is 0.506 e. The second-order valence-electron chi connectivity index (χ2n) is 2.76. The molecule has 0 bridgehead atoms. The molecule has 14 heavy (non-hydrogen) atoms. The predicted octanol–water partition coefficient (Wildman–Crippen LogP) is 4.31. The maximum atomic E-state index is 12.7. The molecular weight excluding hydrogens is 274 g/mol. The van der Waals surface area contributed by atoms with E-state index < -0.39 is 6.43 Å². The summed E-state index contributed by atoms with van der Waals surface area (Å²) in [7, 11) is 0. The topological polar surface area (TPSA) is 20.2 Å². The Morgan fingerprint density at radius 3 is 2.71 bits per heavy atom. The van der Waals surface area contributed by atoms with Crippen molar-refractivity contribution in [2.24, 2.45) is 0 Å². The molecule has 0 radical (unpaired) electrons. The van der Waals surface area contributed by atoms with Crippen molar-refractivity contribution in [2.75, 3.05) is 0 Å². The van der Waals surface area contributed by atoms with Crippen LogP contribution in [0.25, 0.3) is 10.1 Å². The van der Waals surface area contributed by atoms with Crippen LogP contribution in [0.15, 0.2) is 22.0 Å². The summed E-state index contributed by atoms with van der Waals surface area (Å²) in [6.07, 6.45) is -2.59. The summed E-state index contributed by atoms with van der Waals surface area (Å²) >= 11 is 4.30. The Hall–Kier alpha value is -0.680. The van der Waals surface area contributed by atoms with Crippen LogP contribution in [0.2, 0.25) is 0 Å². The lowest BCUT2D eigenvalue weighted by Gasteiger charge is -2.05. The van der Waals surface area contributed by atoms with E-state index in [1.165, 1.54) is 16.7 Å². The molecule has 2 rings (SSSR count). The van der Waals surface area contributed by atoms with E-state index in [0.29, 0.717) is 9.17 Å². The fourth-order valence-electron chi connectivity index (χ4n) is 1.33. The van der Waals surface area contributed by atoms with Crippen molar-refractivity contribution in [3.05, 3.63) is 27.5 Å². The highest BCUT2D eigenvalue weighted by Gasteiger charge is 2.18. The van der Waals surface area contributed by atoms with Gasteiger partial charge in [0.05, 0.1) is 0 Å². The molecule has 0 aliphatic heterocycles. The molecule has 0 unspecified atom stereocenters. The smallest absolute Gasteiger partial charge is 0.265 e. The molecule has 0 atom stereocenters. The van der Waals surface area contributed by atoms with Crippen LogP contribution in [0, 0.1) is 0 Å². The number of thiophene rings is 1. The van der Waals surface area contributed by atoms with Gasteiger partial charge in [0, 0.05) is 25.5 Å². The monoisotopic (exact) mass is 278 g/mol. The van der Waals surface area contributed by atoms with E-state index in [4.69, 9.17) is 0 Å². The number of fused-ring (bicyclic) bond motifs is 1. The van der Waals surface area contributed by atoms with Gasteiger partial charge in [0.2, 0.25) is 0 Å². The van der Waals surface area contributed by atoms with Gasteiger partial charge in [-0.1, -0.05) is 15.9 Å². The van der Waals surface area contributed by atoms with E-state index in [2.05, 4.69) is 15.9 Å². The Bertz CT molecular complexity index is 481. The number of hydrogen-bond donors (Lipinski definition) is 1. The van der Waals surface area contributed by atoms with Gasteiger partial charge in [0.15, 0.2) is 0 Å². The molecule has 0 spiro atoms. The number of hydrogen-bond acceptors (Lipinski definition) is 2. The number of benzene rings is 1. The van der Waals surface area contributed by atoms with Gasteiger partial charge in [-0.05, 0) is 12.1 Å². The zero-order chi connectivity index (χ0) is 10.3. The highest BCUT2D eigenvalue weighted by Crippen LogP contribution is 2.41. The summed E-state index contributed by atoms with van der Waals surface area (Å²) in [5, 5.41) is 11.1. The minimum atomic E-state index is -2.59. The van der Waals surface area contributed by atoms with E-state index in [0.717, 1.165) is 0 Å². The average molecular weight is 279 g/mol. The van der Waals surface area contributed by atoms with Crippen LogP contribution in [0.4, 0.5) is 8.78 Å². The van der Waals surface area contributed by atoms with Crippen molar-refractivity contribution in [3.63, 3.8) is 0 Å². The van der Waals surface area contributed by atoms with Gasteiger partial charge in [-0.25, -0.2) is 8.78 Å². The lowest BCUT2D eigenvalue weighted by atomic mass is 10.1. The van der Waals surface area contributed by atoms with Gasteiger partial charge >= 0.3 is 0 Å². The van der Waals surface area contributed by atoms with Gasteiger partial charge < -0.3 is 5.11 Å². The number of halogens is 3. The SMILES string of the molecule is Oc1csc2ccc(Br)c(C(F)F)c12. The van der Waals surface area contributed by atoms with Gasteiger partial charge in [-0.15, -0.1) is 11.3 Å². The first-order chi connectivity index (χ1) is 6.61. The van der Waals surface area contributed by atoms with Crippen LogP contribution < -0.4 is 0 Å². The van der Waals surface area contributed by atoms with E-state index in [9.17, 15) is 13.9 Å². The molecule has 1 nitrogen and oxygen atoms in total. The fraction of sp³-hybridized carbons (Fsp3) is 0.111. The normalized spacial score (nSPS) is 11.4. The third-order valence-corrected chi connectivity index (χ3v) is 3.55. The van der Waals surface area contributed by atoms with Crippen LogP contribution in [0.3, 0.4) is 0 Å². The van der Waals surface area contributed by atoms with Crippen molar-refractivity contribution in [3.8, 4) is 5.75 Å². The van der Waals surface area contributed by atoms with Gasteiger partial charge in [0.25, 0.3) is 6.43 Å². The zero-order valence-corrected chi connectivity index (χ0v) is 9.20. The van der Waals surface area contributed by atoms with Crippen LogP contribution in [0.1, 0.15) is 12.0 Å². The third kappa shape index (κ3) is 1.40. The summed E-state index contributed by atoms with van der Waals surface area (Å²) in [6.45, 7) is 0. The minimum Gasteiger partial charge on any atom is -0.506 e.